The summed E-state index contributed by atoms with van der Waals surface area (Å²) in [6, 6.07) is 16.9. The summed E-state index contributed by atoms with van der Waals surface area (Å²) in [6.07, 6.45) is 3.31. The third-order valence-electron chi connectivity index (χ3n) is 3.26. The molecule has 3 heteroatoms. The van der Waals surface area contributed by atoms with Crippen LogP contribution in [-0.2, 0) is 6.54 Å². The van der Waals surface area contributed by atoms with Crippen LogP contribution in [0.3, 0.4) is 0 Å². The van der Waals surface area contributed by atoms with Crippen molar-refractivity contribution in [3.05, 3.63) is 72.6 Å². The topological polar surface area (TPSA) is 41.2 Å². The Bertz CT molecular complexity index is 775. The van der Waals surface area contributed by atoms with Gasteiger partial charge in [-0.05, 0) is 16.8 Å². The van der Waals surface area contributed by atoms with Gasteiger partial charge in [0, 0.05) is 11.6 Å². The lowest BCUT2D eigenvalue weighted by molar-refractivity contribution is -0.683. The van der Waals surface area contributed by atoms with E-state index in [9.17, 15) is 9.90 Å². The lowest BCUT2D eigenvalue weighted by Gasteiger charge is -2.04. The fourth-order valence-electron chi connectivity index (χ4n) is 2.33. The smallest absolute Gasteiger partial charge is 0.228 e. The van der Waals surface area contributed by atoms with Gasteiger partial charge in [0.1, 0.15) is 0 Å². The van der Waals surface area contributed by atoms with Crippen molar-refractivity contribution in [3.8, 4) is 5.75 Å². The lowest BCUT2D eigenvalue weighted by atomic mass is 10.0. The molecule has 0 saturated heterocycles. The second-order valence-electron chi connectivity index (χ2n) is 4.68. The second kappa shape index (κ2) is 5.13. The molecule has 3 rings (SSSR count). The maximum absolute atomic E-state index is 12.4. The van der Waals surface area contributed by atoms with Gasteiger partial charge in [-0.3, -0.25) is 4.79 Å². The molecule has 0 aliphatic heterocycles. The van der Waals surface area contributed by atoms with Crippen LogP contribution in [0.25, 0.3) is 10.8 Å². The van der Waals surface area contributed by atoms with Gasteiger partial charge in [0.15, 0.2) is 11.9 Å². The number of benzene rings is 2. The average molecular weight is 264 g/mol. The maximum atomic E-state index is 12.4. The minimum absolute atomic E-state index is 0.0254. The monoisotopic (exact) mass is 264 g/mol. The van der Waals surface area contributed by atoms with E-state index in [-0.39, 0.29) is 18.1 Å². The first kappa shape index (κ1) is 12.4. The highest BCUT2D eigenvalue weighted by Crippen LogP contribution is 2.18. The van der Waals surface area contributed by atoms with Crippen LogP contribution in [0.5, 0.6) is 5.75 Å². The van der Waals surface area contributed by atoms with Gasteiger partial charge in [0.25, 0.3) is 0 Å². The quantitative estimate of drug-likeness (QED) is 0.583. The summed E-state index contributed by atoms with van der Waals surface area (Å²) in [6.45, 7) is 0.211. The molecule has 20 heavy (non-hydrogen) atoms. The Hall–Kier alpha value is -2.68. The van der Waals surface area contributed by atoms with Crippen molar-refractivity contribution in [2.24, 2.45) is 0 Å². The molecule has 0 aliphatic rings. The van der Waals surface area contributed by atoms with Crippen molar-refractivity contribution in [2.75, 3.05) is 0 Å². The largest absolute Gasteiger partial charge is 0.503 e. The molecule has 0 atom stereocenters. The van der Waals surface area contributed by atoms with Gasteiger partial charge >= 0.3 is 0 Å². The Labute approximate surface area is 116 Å². The summed E-state index contributed by atoms with van der Waals surface area (Å²) in [7, 11) is 0. The van der Waals surface area contributed by atoms with Crippen LogP contribution in [0.1, 0.15) is 10.4 Å². The molecule has 0 amide bonds. The minimum atomic E-state index is 0.0254. The Morgan fingerprint density at radius 3 is 2.65 bits per heavy atom. The van der Waals surface area contributed by atoms with Crippen molar-refractivity contribution in [3.63, 3.8) is 0 Å². The lowest BCUT2D eigenvalue weighted by Crippen LogP contribution is -2.36. The van der Waals surface area contributed by atoms with E-state index in [1.54, 1.807) is 29.1 Å². The highest BCUT2D eigenvalue weighted by Gasteiger charge is 2.14. The molecule has 0 aliphatic carbocycles. The zero-order chi connectivity index (χ0) is 13.9. The fourth-order valence-corrected chi connectivity index (χ4v) is 2.33. The van der Waals surface area contributed by atoms with Crippen LogP contribution in [0, 0.1) is 0 Å². The SMILES string of the molecule is O=C(C[n+]1cccc(O)c1)c1cccc2ccccc12. The predicted molar refractivity (Wildman–Crippen MR) is 76.6 cm³/mol. The Morgan fingerprint density at radius 2 is 1.80 bits per heavy atom. The van der Waals surface area contributed by atoms with E-state index in [1.807, 2.05) is 42.5 Å². The Balaban J connectivity index is 1.97. The molecule has 1 heterocycles. The maximum Gasteiger partial charge on any atom is 0.228 e. The zero-order valence-corrected chi connectivity index (χ0v) is 10.9. The molecule has 0 radical (unpaired) electrons. The molecule has 3 aromatic rings. The summed E-state index contributed by atoms with van der Waals surface area (Å²) in [5.74, 6) is 0.176. The number of hydrogen-bond donors (Lipinski definition) is 1. The molecule has 98 valence electrons. The van der Waals surface area contributed by atoms with Crippen molar-refractivity contribution >= 4 is 16.6 Å². The van der Waals surface area contributed by atoms with Gasteiger partial charge in [-0.15, -0.1) is 0 Å². The molecule has 3 nitrogen and oxygen atoms in total. The molecule has 0 saturated carbocycles. The van der Waals surface area contributed by atoms with E-state index in [0.29, 0.717) is 5.56 Å². The van der Waals surface area contributed by atoms with E-state index in [1.165, 1.54) is 0 Å². The van der Waals surface area contributed by atoms with E-state index < -0.39 is 0 Å². The average Bonchev–Trinajstić information content (AvgIpc) is 2.46. The van der Waals surface area contributed by atoms with Crippen LogP contribution in [0.15, 0.2) is 67.0 Å². The van der Waals surface area contributed by atoms with Gasteiger partial charge in [-0.1, -0.05) is 42.5 Å². The Kier molecular flexibility index (Phi) is 3.17. The molecule has 0 bridgehead atoms. The van der Waals surface area contributed by atoms with Crippen molar-refractivity contribution in [2.45, 2.75) is 6.54 Å². The molecule has 1 N–H and O–H groups in total. The number of carbonyl (C=O) groups excluding carboxylic acids is 1. The van der Waals surface area contributed by atoms with Gasteiger partial charge in [0.05, 0.1) is 0 Å². The van der Waals surface area contributed by atoms with Crippen molar-refractivity contribution in [1.29, 1.82) is 0 Å². The molecule has 2 aromatic carbocycles. The summed E-state index contributed by atoms with van der Waals surface area (Å²) in [5.41, 5.74) is 0.707. The highest BCUT2D eigenvalue weighted by atomic mass is 16.3. The number of pyridine rings is 1. The summed E-state index contributed by atoms with van der Waals surface area (Å²) >= 11 is 0. The number of aromatic nitrogens is 1. The molecular weight excluding hydrogens is 250 g/mol. The van der Waals surface area contributed by atoms with E-state index >= 15 is 0 Å². The van der Waals surface area contributed by atoms with Gasteiger partial charge in [-0.25, -0.2) is 0 Å². The first-order valence-electron chi connectivity index (χ1n) is 6.43. The third-order valence-corrected chi connectivity index (χ3v) is 3.26. The summed E-state index contributed by atoms with van der Waals surface area (Å²) in [5, 5.41) is 11.5. The molecule has 1 aromatic heterocycles. The number of Topliss-reactive ketones (excluding diaryl/α,β-unsaturated/α-hetero) is 1. The number of rotatable bonds is 3. The number of fused-ring (bicyclic) bond motifs is 1. The fraction of sp³-hybridized carbons (Fsp3) is 0.0588. The standard InChI is InChI=1S/C17H13NO2/c19-14-7-4-10-18(11-14)12-17(20)16-9-3-6-13-5-1-2-8-15(13)16/h1-11H,12H2/p+1. The molecule has 0 spiro atoms. The van der Waals surface area contributed by atoms with Gasteiger partial charge < -0.3 is 5.11 Å². The second-order valence-corrected chi connectivity index (χ2v) is 4.68. The van der Waals surface area contributed by atoms with Crippen LogP contribution in [0.2, 0.25) is 0 Å². The first-order valence-corrected chi connectivity index (χ1v) is 6.43. The van der Waals surface area contributed by atoms with E-state index in [0.717, 1.165) is 10.8 Å². The number of nitrogens with zero attached hydrogens (tertiary/aromatic N) is 1. The normalized spacial score (nSPS) is 10.6. The summed E-state index contributed by atoms with van der Waals surface area (Å²) < 4.78 is 1.68. The Morgan fingerprint density at radius 1 is 1.00 bits per heavy atom. The third kappa shape index (κ3) is 2.38. The van der Waals surface area contributed by atoms with E-state index in [2.05, 4.69) is 0 Å². The minimum Gasteiger partial charge on any atom is -0.503 e. The van der Waals surface area contributed by atoms with Crippen molar-refractivity contribution in [1.82, 2.24) is 0 Å². The predicted octanol–water partition coefficient (Wildman–Crippen LogP) is 2.72. The van der Waals surface area contributed by atoms with Gasteiger partial charge in [-0.2, -0.15) is 4.57 Å². The van der Waals surface area contributed by atoms with Gasteiger partial charge in [0.2, 0.25) is 18.5 Å². The summed E-state index contributed by atoms with van der Waals surface area (Å²) in [4.78, 5) is 12.4. The number of carbonyl (C=O) groups is 1. The molecular formula is C17H14NO2+. The van der Waals surface area contributed by atoms with Crippen molar-refractivity contribution < 1.29 is 14.5 Å². The highest BCUT2D eigenvalue weighted by molar-refractivity contribution is 6.07. The van der Waals surface area contributed by atoms with E-state index in [4.69, 9.17) is 0 Å². The van der Waals surface area contributed by atoms with Crippen LogP contribution in [0.4, 0.5) is 0 Å². The zero-order valence-electron chi connectivity index (χ0n) is 10.9. The van der Waals surface area contributed by atoms with Crippen LogP contribution in [-0.4, -0.2) is 10.9 Å². The number of hydrogen-bond acceptors (Lipinski definition) is 2. The van der Waals surface area contributed by atoms with Crippen LogP contribution >= 0.6 is 0 Å². The van der Waals surface area contributed by atoms with Crippen LogP contribution < -0.4 is 4.57 Å². The molecule has 0 fully saturated rings. The molecule has 0 unspecified atom stereocenters. The number of ketones is 1. The number of aromatic hydroxyl groups is 1. The first-order chi connectivity index (χ1) is 9.74.